The van der Waals surface area contributed by atoms with Crippen LogP contribution in [0, 0.1) is 0 Å². The van der Waals surface area contributed by atoms with E-state index >= 15 is 0 Å². The number of likely N-dealkylation sites (tertiary alicyclic amines) is 1. The highest BCUT2D eigenvalue weighted by Crippen LogP contribution is 2.09. The quantitative estimate of drug-likeness (QED) is 0.667. The number of hydrogen-bond acceptors (Lipinski definition) is 4. The number of rotatable bonds is 7. The van der Waals surface area contributed by atoms with Crippen molar-refractivity contribution in [3.05, 3.63) is 0 Å². The van der Waals surface area contributed by atoms with Crippen molar-refractivity contribution >= 4 is 0 Å². The van der Waals surface area contributed by atoms with Gasteiger partial charge in [-0.25, -0.2) is 0 Å². The first-order valence-corrected chi connectivity index (χ1v) is 6.39. The Bertz CT molecular complexity index is 170. The molecule has 1 unspecified atom stereocenters. The van der Waals surface area contributed by atoms with Gasteiger partial charge in [0.1, 0.15) is 0 Å². The van der Waals surface area contributed by atoms with E-state index in [4.69, 9.17) is 4.74 Å². The second kappa shape index (κ2) is 8.01. The second-order valence-corrected chi connectivity index (χ2v) is 4.56. The van der Waals surface area contributed by atoms with Gasteiger partial charge in [0, 0.05) is 13.2 Å². The van der Waals surface area contributed by atoms with Crippen molar-refractivity contribution in [2.24, 2.45) is 0 Å². The van der Waals surface area contributed by atoms with Gasteiger partial charge in [0.15, 0.2) is 0 Å². The second-order valence-electron chi connectivity index (χ2n) is 4.56. The molecule has 0 aromatic carbocycles. The fraction of sp³-hybridized carbons (Fsp3) is 1.00. The van der Waals surface area contributed by atoms with Crippen molar-refractivity contribution in [2.75, 3.05) is 39.9 Å². The van der Waals surface area contributed by atoms with Crippen molar-refractivity contribution < 1.29 is 9.84 Å². The predicted molar refractivity (Wildman–Crippen MR) is 65.6 cm³/mol. The van der Waals surface area contributed by atoms with Crippen molar-refractivity contribution in [3.63, 3.8) is 0 Å². The van der Waals surface area contributed by atoms with E-state index in [1.165, 1.54) is 32.5 Å². The Morgan fingerprint density at radius 2 is 2.12 bits per heavy atom. The number of hydrogen-bond donors (Lipinski definition) is 2. The van der Waals surface area contributed by atoms with E-state index in [1.54, 1.807) is 7.11 Å². The number of piperidine rings is 1. The highest BCUT2D eigenvalue weighted by atomic mass is 16.5. The van der Waals surface area contributed by atoms with Crippen LogP contribution in [-0.4, -0.2) is 62.0 Å². The SMILES string of the molecule is CCN1CCC(NCCC(O)COC)CC1. The van der Waals surface area contributed by atoms with Crippen LogP contribution in [0.25, 0.3) is 0 Å². The molecular weight excluding hydrogens is 204 g/mol. The molecule has 0 aromatic heterocycles. The van der Waals surface area contributed by atoms with Crippen molar-refractivity contribution in [3.8, 4) is 0 Å². The Labute approximate surface area is 99.0 Å². The monoisotopic (exact) mass is 230 g/mol. The molecule has 0 spiro atoms. The summed E-state index contributed by atoms with van der Waals surface area (Å²) in [7, 11) is 1.62. The van der Waals surface area contributed by atoms with Crippen LogP contribution in [0.2, 0.25) is 0 Å². The molecule has 96 valence electrons. The zero-order valence-electron chi connectivity index (χ0n) is 10.6. The van der Waals surface area contributed by atoms with Gasteiger partial charge in [-0.2, -0.15) is 0 Å². The van der Waals surface area contributed by atoms with Crippen molar-refractivity contribution in [1.29, 1.82) is 0 Å². The number of aliphatic hydroxyl groups excluding tert-OH is 1. The molecule has 1 atom stereocenters. The van der Waals surface area contributed by atoms with Gasteiger partial charge in [-0.15, -0.1) is 0 Å². The van der Waals surface area contributed by atoms with E-state index in [9.17, 15) is 5.11 Å². The lowest BCUT2D eigenvalue weighted by Gasteiger charge is -2.31. The van der Waals surface area contributed by atoms with E-state index < -0.39 is 0 Å². The van der Waals surface area contributed by atoms with Crippen LogP contribution < -0.4 is 5.32 Å². The molecule has 1 aliphatic heterocycles. The third-order valence-electron chi connectivity index (χ3n) is 3.30. The summed E-state index contributed by atoms with van der Waals surface area (Å²) in [5, 5.41) is 13.0. The topological polar surface area (TPSA) is 44.7 Å². The van der Waals surface area contributed by atoms with Gasteiger partial charge < -0.3 is 20.1 Å². The summed E-state index contributed by atoms with van der Waals surface area (Å²) < 4.78 is 4.89. The smallest absolute Gasteiger partial charge is 0.0785 e. The lowest BCUT2D eigenvalue weighted by atomic mass is 10.0. The van der Waals surface area contributed by atoms with Gasteiger partial charge >= 0.3 is 0 Å². The molecule has 2 N–H and O–H groups in total. The third-order valence-corrected chi connectivity index (χ3v) is 3.30. The van der Waals surface area contributed by atoms with Crippen LogP contribution in [0.1, 0.15) is 26.2 Å². The zero-order chi connectivity index (χ0) is 11.8. The highest BCUT2D eigenvalue weighted by molar-refractivity contribution is 4.76. The third kappa shape index (κ3) is 5.25. The molecule has 1 rings (SSSR count). The maximum absolute atomic E-state index is 9.49. The Morgan fingerprint density at radius 3 is 2.69 bits per heavy atom. The predicted octanol–water partition coefficient (Wildman–Crippen LogP) is 0.458. The Morgan fingerprint density at radius 1 is 1.44 bits per heavy atom. The minimum Gasteiger partial charge on any atom is -0.391 e. The summed E-state index contributed by atoms with van der Waals surface area (Å²) in [6.45, 7) is 7.12. The lowest BCUT2D eigenvalue weighted by molar-refractivity contribution is 0.0584. The van der Waals surface area contributed by atoms with E-state index in [-0.39, 0.29) is 6.10 Å². The molecule has 16 heavy (non-hydrogen) atoms. The first-order valence-electron chi connectivity index (χ1n) is 6.39. The first-order chi connectivity index (χ1) is 7.76. The highest BCUT2D eigenvalue weighted by Gasteiger charge is 2.17. The molecule has 4 heteroatoms. The summed E-state index contributed by atoms with van der Waals surface area (Å²) in [4.78, 5) is 2.48. The summed E-state index contributed by atoms with van der Waals surface area (Å²) in [5.74, 6) is 0. The van der Waals surface area contributed by atoms with Crippen LogP contribution in [0.15, 0.2) is 0 Å². The maximum Gasteiger partial charge on any atom is 0.0785 e. The summed E-state index contributed by atoms with van der Waals surface area (Å²) in [5.41, 5.74) is 0. The molecule has 0 aromatic rings. The van der Waals surface area contributed by atoms with Crippen LogP contribution in [0.5, 0.6) is 0 Å². The standard InChI is InChI=1S/C12H26N2O2/c1-3-14-8-5-11(6-9-14)13-7-4-12(15)10-16-2/h11-13,15H,3-10H2,1-2H3. The van der Waals surface area contributed by atoms with Gasteiger partial charge in [0.25, 0.3) is 0 Å². The van der Waals surface area contributed by atoms with E-state index in [2.05, 4.69) is 17.1 Å². The average Bonchev–Trinajstić information content (AvgIpc) is 2.30. The Kier molecular flexibility index (Phi) is 6.96. The van der Waals surface area contributed by atoms with Crippen LogP contribution in [0.3, 0.4) is 0 Å². The van der Waals surface area contributed by atoms with Gasteiger partial charge in [0.2, 0.25) is 0 Å². The molecule has 0 amide bonds. The molecule has 1 fully saturated rings. The van der Waals surface area contributed by atoms with Gasteiger partial charge in [-0.05, 0) is 45.4 Å². The normalized spacial score (nSPS) is 21.2. The first kappa shape index (κ1) is 13.9. The fourth-order valence-corrected chi connectivity index (χ4v) is 2.18. The van der Waals surface area contributed by atoms with Crippen molar-refractivity contribution in [2.45, 2.75) is 38.3 Å². The molecule has 1 aliphatic rings. The minimum atomic E-state index is -0.326. The Balaban J connectivity index is 2.02. The summed E-state index contributed by atoms with van der Waals surface area (Å²) >= 11 is 0. The molecular formula is C12H26N2O2. The number of aliphatic hydroxyl groups is 1. The van der Waals surface area contributed by atoms with E-state index in [0.717, 1.165) is 13.0 Å². The number of methoxy groups -OCH3 is 1. The minimum absolute atomic E-state index is 0.326. The molecule has 1 saturated heterocycles. The largest absolute Gasteiger partial charge is 0.391 e. The summed E-state index contributed by atoms with van der Waals surface area (Å²) in [6.07, 6.45) is 2.91. The fourth-order valence-electron chi connectivity index (χ4n) is 2.18. The molecule has 0 bridgehead atoms. The number of ether oxygens (including phenoxy) is 1. The van der Waals surface area contributed by atoms with E-state index in [0.29, 0.717) is 12.6 Å². The zero-order valence-corrected chi connectivity index (χ0v) is 10.6. The molecule has 0 radical (unpaired) electrons. The Hall–Kier alpha value is -0.160. The summed E-state index contributed by atoms with van der Waals surface area (Å²) in [6, 6.07) is 0.637. The maximum atomic E-state index is 9.49. The van der Waals surface area contributed by atoms with Crippen LogP contribution >= 0.6 is 0 Å². The van der Waals surface area contributed by atoms with Gasteiger partial charge in [-0.1, -0.05) is 6.92 Å². The lowest BCUT2D eigenvalue weighted by Crippen LogP contribution is -2.43. The van der Waals surface area contributed by atoms with Crippen molar-refractivity contribution in [1.82, 2.24) is 10.2 Å². The number of nitrogens with zero attached hydrogens (tertiary/aromatic N) is 1. The van der Waals surface area contributed by atoms with Gasteiger partial charge in [0.05, 0.1) is 12.7 Å². The van der Waals surface area contributed by atoms with Crippen LogP contribution in [0.4, 0.5) is 0 Å². The average molecular weight is 230 g/mol. The molecule has 0 aliphatic carbocycles. The van der Waals surface area contributed by atoms with Gasteiger partial charge in [-0.3, -0.25) is 0 Å². The molecule has 4 nitrogen and oxygen atoms in total. The number of nitrogens with one attached hydrogen (secondary N) is 1. The van der Waals surface area contributed by atoms with E-state index in [1.807, 2.05) is 0 Å². The molecule has 1 heterocycles. The molecule has 0 saturated carbocycles. The van der Waals surface area contributed by atoms with Crippen LogP contribution in [-0.2, 0) is 4.74 Å².